The molecule has 0 fully saturated rings. The number of hydrogen-bond donors (Lipinski definition) is 2. The Hall–Kier alpha value is -6.72. The van der Waals surface area contributed by atoms with Crippen LogP contribution in [0.25, 0.3) is 60.9 Å². The Balaban J connectivity index is 1.17. The van der Waals surface area contributed by atoms with Crippen molar-refractivity contribution in [2.24, 2.45) is 0 Å². The monoisotopic (exact) mass is 754 g/mol. The van der Waals surface area contributed by atoms with Crippen LogP contribution in [0, 0.1) is 0 Å². The summed E-state index contributed by atoms with van der Waals surface area (Å²) in [7, 11) is 0. The summed E-state index contributed by atoms with van der Waals surface area (Å²) >= 11 is 0. The Morgan fingerprint density at radius 3 is 1.16 bits per heavy atom. The molecule has 2 N–H and O–H groups in total. The molecule has 1 heterocycles. The van der Waals surface area contributed by atoms with Gasteiger partial charge in [0.25, 0.3) is 0 Å². The number of rotatable bonds is 9. The molecule has 0 aliphatic rings. The summed E-state index contributed by atoms with van der Waals surface area (Å²) < 4.78 is 2.23. The average molecular weight is 755 g/mol. The Morgan fingerprint density at radius 1 is 0.379 bits per heavy atom. The lowest BCUT2D eigenvalue weighted by Crippen LogP contribution is -2.23. The number of para-hydroxylation sites is 2. The van der Waals surface area contributed by atoms with Crippen LogP contribution in [-0.4, -0.2) is 14.8 Å². The predicted octanol–water partition coefficient (Wildman–Crippen LogP) is 13.7. The molecule has 284 valence electrons. The summed E-state index contributed by atoms with van der Waals surface area (Å²) in [4.78, 5) is 2.28. The van der Waals surface area contributed by atoms with E-state index in [0.29, 0.717) is 0 Å². The molecule has 0 saturated heterocycles. The molecule has 9 rings (SSSR count). The minimum atomic E-state index is -1.19. The van der Waals surface area contributed by atoms with Crippen LogP contribution in [-0.2, 0) is 11.2 Å². The molecule has 0 radical (unpaired) electrons. The Bertz CT molecular complexity index is 2730. The van der Waals surface area contributed by atoms with E-state index in [9.17, 15) is 10.2 Å². The van der Waals surface area contributed by atoms with E-state index in [2.05, 4.69) is 179 Å². The van der Waals surface area contributed by atoms with Crippen molar-refractivity contribution in [2.45, 2.75) is 38.9 Å². The first kappa shape index (κ1) is 36.9. The van der Waals surface area contributed by atoms with Crippen LogP contribution in [0.3, 0.4) is 0 Å². The molecule has 0 bridgehead atoms. The standard InChI is InChI=1S/C54H46N2O2/c1-53(2,57)48-36-52(56-50-21-13-11-19-45(50)46-20-12-14-22-51(46)56)49(54(3,4)58)35-47(48)41-27-33-44(34-28-41)55(42-29-23-39(24-30-42)37-15-7-5-8-16-37)43-31-25-40(26-32-43)38-17-9-6-10-18-38/h5-36,57-58H,1-4H3. The van der Waals surface area contributed by atoms with Crippen molar-refractivity contribution < 1.29 is 10.2 Å². The Kier molecular flexibility index (Phi) is 9.32. The molecule has 58 heavy (non-hydrogen) atoms. The Labute approximate surface area is 340 Å². The molecule has 9 aromatic rings. The van der Waals surface area contributed by atoms with Gasteiger partial charge in [0, 0.05) is 33.4 Å². The summed E-state index contributed by atoms with van der Waals surface area (Å²) in [6.45, 7) is 7.33. The van der Waals surface area contributed by atoms with E-state index < -0.39 is 11.2 Å². The molecular weight excluding hydrogens is 709 g/mol. The van der Waals surface area contributed by atoms with Gasteiger partial charge in [-0.15, -0.1) is 0 Å². The third kappa shape index (κ3) is 6.87. The number of fused-ring (bicyclic) bond motifs is 3. The first-order valence-corrected chi connectivity index (χ1v) is 19.9. The molecular formula is C54H46N2O2. The molecule has 4 nitrogen and oxygen atoms in total. The molecule has 0 saturated carbocycles. The van der Waals surface area contributed by atoms with Crippen LogP contribution in [0.15, 0.2) is 194 Å². The lowest BCUT2D eigenvalue weighted by molar-refractivity contribution is 0.0748. The number of aliphatic hydroxyl groups is 2. The summed E-state index contributed by atoms with van der Waals surface area (Å²) in [5.74, 6) is 0. The van der Waals surface area contributed by atoms with Gasteiger partial charge in [0.05, 0.1) is 27.9 Å². The largest absolute Gasteiger partial charge is 0.386 e. The van der Waals surface area contributed by atoms with Crippen molar-refractivity contribution >= 4 is 38.9 Å². The van der Waals surface area contributed by atoms with Gasteiger partial charge in [0.1, 0.15) is 0 Å². The van der Waals surface area contributed by atoms with Crippen molar-refractivity contribution in [3.8, 4) is 39.1 Å². The van der Waals surface area contributed by atoms with E-state index in [0.717, 1.165) is 77.9 Å². The normalized spacial score (nSPS) is 12.0. The lowest BCUT2D eigenvalue weighted by atomic mass is 9.84. The third-order valence-corrected chi connectivity index (χ3v) is 11.2. The summed E-state index contributed by atoms with van der Waals surface area (Å²) in [6, 6.07) is 67.7. The highest BCUT2D eigenvalue weighted by Crippen LogP contribution is 2.43. The zero-order valence-electron chi connectivity index (χ0n) is 33.3. The molecule has 0 aliphatic carbocycles. The molecule has 0 atom stereocenters. The average Bonchev–Trinajstić information content (AvgIpc) is 3.58. The highest BCUT2D eigenvalue weighted by molar-refractivity contribution is 6.09. The van der Waals surface area contributed by atoms with Gasteiger partial charge >= 0.3 is 0 Å². The highest BCUT2D eigenvalue weighted by Gasteiger charge is 2.30. The highest BCUT2D eigenvalue weighted by atomic mass is 16.3. The SMILES string of the molecule is CC(C)(O)c1cc(-n2c3ccccc3c3ccccc32)c(C(C)(C)O)cc1-c1ccc(N(c2ccc(-c3ccccc3)cc2)c2ccc(-c3ccccc3)cc2)cc1. The third-order valence-electron chi connectivity index (χ3n) is 11.2. The van der Waals surface area contributed by atoms with Gasteiger partial charge in [0.2, 0.25) is 0 Å². The van der Waals surface area contributed by atoms with Gasteiger partial charge in [0.15, 0.2) is 0 Å². The zero-order valence-corrected chi connectivity index (χ0v) is 33.3. The molecule has 0 spiro atoms. The van der Waals surface area contributed by atoms with E-state index in [1.54, 1.807) is 0 Å². The molecule has 0 unspecified atom stereocenters. The predicted molar refractivity (Wildman–Crippen MR) is 242 cm³/mol. The van der Waals surface area contributed by atoms with Crippen LogP contribution >= 0.6 is 0 Å². The van der Waals surface area contributed by atoms with Crippen LogP contribution in [0.1, 0.15) is 38.8 Å². The van der Waals surface area contributed by atoms with Gasteiger partial charge in [-0.2, -0.15) is 0 Å². The second kappa shape index (κ2) is 14.7. The van der Waals surface area contributed by atoms with E-state index in [4.69, 9.17) is 0 Å². The van der Waals surface area contributed by atoms with Crippen LogP contribution in [0.5, 0.6) is 0 Å². The summed E-state index contributed by atoms with van der Waals surface area (Å²) in [5, 5.41) is 26.0. The number of anilines is 3. The van der Waals surface area contributed by atoms with Crippen molar-refractivity contribution in [3.63, 3.8) is 0 Å². The van der Waals surface area contributed by atoms with Gasteiger partial charge < -0.3 is 19.7 Å². The van der Waals surface area contributed by atoms with E-state index in [1.807, 2.05) is 52.0 Å². The quantitative estimate of drug-likeness (QED) is 0.154. The minimum absolute atomic E-state index is 0.768. The topological polar surface area (TPSA) is 48.6 Å². The number of benzene rings is 8. The smallest absolute Gasteiger partial charge is 0.0860 e. The molecule has 1 aromatic heterocycles. The second-order valence-electron chi connectivity index (χ2n) is 16.1. The first-order chi connectivity index (χ1) is 28.0. The summed E-state index contributed by atoms with van der Waals surface area (Å²) in [5.41, 5.74) is 11.6. The van der Waals surface area contributed by atoms with Crippen molar-refractivity contribution in [2.75, 3.05) is 4.90 Å². The maximum atomic E-state index is 11.8. The van der Waals surface area contributed by atoms with Crippen molar-refractivity contribution in [1.82, 2.24) is 4.57 Å². The van der Waals surface area contributed by atoms with Crippen LogP contribution < -0.4 is 4.90 Å². The maximum Gasteiger partial charge on any atom is 0.0860 e. The molecule has 0 amide bonds. The van der Waals surface area contributed by atoms with E-state index >= 15 is 0 Å². The fraction of sp³-hybridized carbons (Fsp3) is 0.111. The lowest BCUT2D eigenvalue weighted by Gasteiger charge is -2.30. The van der Waals surface area contributed by atoms with Gasteiger partial charge in [-0.05, 0) is 127 Å². The second-order valence-corrected chi connectivity index (χ2v) is 16.1. The van der Waals surface area contributed by atoms with E-state index in [1.165, 1.54) is 11.1 Å². The summed E-state index contributed by atoms with van der Waals surface area (Å²) in [6.07, 6.45) is 0. The number of nitrogens with zero attached hydrogens (tertiary/aromatic N) is 2. The van der Waals surface area contributed by atoms with Crippen molar-refractivity contribution in [1.29, 1.82) is 0 Å². The molecule has 0 aliphatic heterocycles. The Morgan fingerprint density at radius 2 is 0.741 bits per heavy atom. The van der Waals surface area contributed by atoms with Crippen molar-refractivity contribution in [3.05, 3.63) is 205 Å². The maximum absolute atomic E-state index is 11.8. The van der Waals surface area contributed by atoms with Gasteiger partial charge in [-0.3, -0.25) is 0 Å². The van der Waals surface area contributed by atoms with E-state index in [-0.39, 0.29) is 0 Å². The molecule has 8 aromatic carbocycles. The van der Waals surface area contributed by atoms with Gasteiger partial charge in [-0.25, -0.2) is 0 Å². The first-order valence-electron chi connectivity index (χ1n) is 19.9. The molecule has 4 heteroatoms. The fourth-order valence-corrected chi connectivity index (χ4v) is 8.29. The number of aromatic nitrogens is 1. The van der Waals surface area contributed by atoms with Crippen LogP contribution in [0.2, 0.25) is 0 Å². The zero-order chi connectivity index (χ0) is 40.0. The fourth-order valence-electron chi connectivity index (χ4n) is 8.29. The van der Waals surface area contributed by atoms with Crippen LogP contribution in [0.4, 0.5) is 17.1 Å². The van der Waals surface area contributed by atoms with Gasteiger partial charge in [-0.1, -0.05) is 133 Å². The minimum Gasteiger partial charge on any atom is -0.386 e. The number of hydrogen-bond acceptors (Lipinski definition) is 3.